The van der Waals surface area contributed by atoms with Gasteiger partial charge in [0.2, 0.25) is 5.88 Å². The molecule has 1 aromatic carbocycles. The second kappa shape index (κ2) is 5.86. The van der Waals surface area contributed by atoms with E-state index in [-0.39, 0.29) is 11.6 Å². The van der Waals surface area contributed by atoms with Crippen molar-refractivity contribution in [2.75, 3.05) is 0 Å². The highest BCUT2D eigenvalue weighted by atomic mass is 32.1. The number of hydrogen-bond donors (Lipinski definition) is 1. The molecule has 0 aliphatic carbocycles. The molecule has 0 spiro atoms. The van der Waals surface area contributed by atoms with Gasteiger partial charge in [-0.15, -0.1) is 16.4 Å². The van der Waals surface area contributed by atoms with Crippen molar-refractivity contribution < 1.29 is 10.0 Å². The summed E-state index contributed by atoms with van der Waals surface area (Å²) in [5, 5.41) is 28.8. The minimum Gasteiger partial charge on any atom is -0.493 e. The summed E-state index contributed by atoms with van der Waals surface area (Å²) in [5.74, 6) is 0.0613. The lowest BCUT2D eigenvalue weighted by molar-refractivity contribution is -0.384. The quantitative estimate of drug-likeness (QED) is 0.524. The van der Waals surface area contributed by atoms with Gasteiger partial charge >= 0.3 is 0 Å². The summed E-state index contributed by atoms with van der Waals surface area (Å²) in [4.78, 5) is 11.0. The Morgan fingerprint density at radius 2 is 2.26 bits per heavy atom. The van der Waals surface area contributed by atoms with E-state index >= 15 is 0 Å². The lowest BCUT2D eigenvalue weighted by Crippen LogP contribution is -2.03. The molecule has 3 rings (SSSR count). The summed E-state index contributed by atoms with van der Waals surface area (Å²) in [6.07, 6.45) is 3.25. The van der Waals surface area contributed by atoms with E-state index in [1.165, 1.54) is 34.3 Å². The predicted octanol–water partition coefficient (Wildman–Crippen LogP) is 3.30. The summed E-state index contributed by atoms with van der Waals surface area (Å²) in [5.41, 5.74) is 1.73. The summed E-state index contributed by atoms with van der Waals surface area (Å²) in [6, 6.07) is 6.17. The fourth-order valence-electron chi connectivity index (χ4n) is 2.06. The maximum atomic E-state index is 10.9. The molecule has 0 saturated carbocycles. The molecule has 1 aliphatic heterocycles. The standard InChI is InChI=1S/C14H10N4O3S2/c1-17-13(19)11(23-14(17)22)6-9-7-15-16-12(9)8-3-2-4-10(5-8)18(20)21/h2-7,19H,1H3/b9-6-. The molecular weight excluding hydrogens is 336 g/mol. The Morgan fingerprint density at radius 3 is 2.91 bits per heavy atom. The number of nitro benzene ring substituents is 1. The number of aromatic hydroxyl groups is 1. The number of nitrogens with zero attached hydrogens (tertiary/aromatic N) is 4. The van der Waals surface area contributed by atoms with Crippen LogP contribution < -0.4 is 0 Å². The molecule has 1 aliphatic rings. The SMILES string of the molecule is Cn1c(O)c(/C=C2/C=NN=C2c2cccc([N+](=O)[O-])c2)sc1=S. The second-order valence-electron chi connectivity index (χ2n) is 4.72. The molecule has 0 atom stereocenters. The van der Waals surface area contributed by atoms with Gasteiger partial charge in [0.15, 0.2) is 3.95 Å². The maximum absolute atomic E-state index is 10.9. The fourth-order valence-corrected chi connectivity index (χ4v) is 3.24. The van der Waals surface area contributed by atoms with E-state index < -0.39 is 4.92 Å². The molecule has 0 amide bonds. The molecule has 2 heterocycles. The molecule has 1 aromatic heterocycles. The van der Waals surface area contributed by atoms with Gasteiger partial charge in [-0.1, -0.05) is 12.1 Å². The number of hydrogen-bond acceptors (Lipinski definition) is 7. The highest BCUT2D eigenvalue weighted by Gasteiger charge is 2.17. The van der Waals surface area contributed by atoms with Gasteiger partial charge in [0, 0.05) is 30.3 Å². The lowest BCUT2D eigenvalue weighted by Gasteiger charge is -2.02. The topological polar surface area (TPSA) is 93.0 Å². The first-order valence-corrected chi connectivity index (χ1v) is 7.66. The van der Waals surface area contributed by atoms with Crippen LogP contribution in [0.4, 0.5) is 5.69 Å². The Kier molecular flexibility index (Phi) is 3.89. The Balaban J connectivity index is 2.03. The van der Waals surface area contributed by atoms with E-state index in [2.05, 4.69) is 10.2 Å². The molecule has 0 bridgehead atoms. The van der Waals surface area contributed by atoms with E-state index in [0.29, 0.717) is 25.7 Å². The third kappa shape index (κ3) is 2.83. The van der Waals surface area contributed by atoms with Crippen molar-refractivity contribution in [3.05, 3.63) is 54.3 Å². The van der Waals surface area contributed by atoms with Crippen molar-refractivity contribution in [3.8, 4) is 5.88 Å². The number of benzene rings is 1. The maximum Gasteiger partial charge on any atom is 0.270 e. The minimum atomic E-state index is -0.460. The monoisotopic (exact) mass is 346 g/mol. The van der Waals surface area contributed by atoms with Crippen molar-refractivity contribution in [3.63, 3.8) is 0 Å². The number of non-ortho nitro benzene ring substituents is 1. The Bertz CT molecular complexity index is 953. The summed E-state index contributed by atoms with van der Waals surface area (Å²) >= 11 is 6.38. The average Bonchev–Trinajstić information content (AvgIpc) is 3.09. The van der Waals surface area contributed by atoms with Gasteiger partial charge in [0.05, 0.1) is 16.0 Å². The number of aromatic nitrogens is 1. The van der Waals surface area contributed by atoms with Crippen LogP contribution in [0.1, 0.15) is 10.4 Å². The highest BCUT2D eigenvalue weighted by molar-refractivity contribution is 7.73. The van der Waals surface area contributed by atoms with E-state index in [0.717, 1.165) is 0 Å². The first-order valence-electron chi connectivity index (χ1n) is 6.44. The van der Waals surface area contributed by atoms with Crippen molar-refractivity contribution in [1.82, 2.24) is 4.57 Å². The largest absolute Gasteiger partial charge is 0.493 e. The van der Waals surface area contributed by atoms with Gasteiger partial charge in [-0.3, -0.25) is 14.7 Å². The molecule has 0 radical (unpaired) electrons. The van der Waals surface area contributed by atoms with Crippen molar-refractivity contribution in [2.24, 2.45) is 17.3 Å². The Morgan fingerprint density at radius 1 is 1.48 bits per heavy atom. The molecule has 9 heteroatoms. The zero-order valence-electron chi connectivity index (χ0n) is 11.8. The summed E-state index contributed by atoms with van der Waals surface area (Å²) in [6.45, 7) is 0. The molecule has 0 unspecified atom stereocenters. The molecule has 0 saturated heterocycles. The Hall–Kier alpha value is -2.65. The smallest absolute Gasteiger partial charge is 0.270 e. The molecule has 1 N–H and O–H groups in total. The van der Waals surface area contributed by atoms with Crippen LogP contribution in [0, 0.1) is 14.1 Å². The van der Waals surface area contributed by atoms with Crippen LogP contribution in [0.5, 0.6) is 5.88 Å². The van der Waals surface area contributed by atoms with Crippen LogP contribution in [0.2, 0.25) is 0 Å². The van der Waals surface area contributed by atoms with Gasteiger partial charge in [0.25, 0.3) is 5.69 Å². The van der Waals surface area contributed by atoms with Gasteiger partial charge < -0.3 is 5.11 Å². The molecule has 23 heavy (non-hydrogen) atoms. The number of thiazole rings is 1. The molecule has 2 aromatic rings. The number of rotatable bonds is 3. The van der Waals surface area contributed by atoms with Crippen molar-refractivity contribution in [1.29, 1.82) is 0 Å². The van der Waals surface area contributed by atoms with E-state index in [9.17, 15) is 15.2 Å². The molecule has 0 fully saturated rings. The summed E-state index contributed by atoms with van der Waals surface area (Å²) in [7, 11) is 1.68. The van der Waals surface area contributed by atoms with Gasteiger partial charge in [0.1, 0.15) is 5.71 Å². The van der Waals surface area contributed by atoms with E-state index in [1.54, 1.807) is 25.3 Å². The highest BCUT2D eigenvalue weighted by Crippen LogP contribution is 2.29. The van der Waals surface area contributed by atoms with Crippen LogP contribution in [0.15, 0.2) is 40.0 Å². The van der Waals surface area contributed by atoms with Crippen LogP contribution in [0.25, 0.3) is 6.08 Å². The van der Waals surface area contributed by atoms with Crippen LogP contribution in [-0.4, -0.2) is 26.5 Å². The van der Waals surface area contributed by atoms with Gasteiger partial charge in [-0.25, -0.2) is 0 Å². The van der Waals surface area contributed by atoms with E-state index in [4.69, 9.17) is 12.2 Å². The lowest BCUT2D eigenvalue weighted by atomic mass is 10.0. The summed E-state index contributed by atoms with van der Waals surface area (Å²) < 4.78 is 2.04. The zero-order valence-corrected chi connectivity index (χ0v) is 13.5. The van der Waals surface area contributed by atoms with Crippen molar-refractivity contribution in [2.45, 2.75) is 0 Å². The fraction of sp³-hybridized carbons (Fsp3) is 0.0714. The molecule has 116 valence electrons. The average molecular weight is 346 g/mol. The first kappa shape index (κ1) is 15.3. The Labute approximate surface area is 139 Å². The second-order valence-corrected chi connectivity index (χ2v) is 6.39. The number of allylic oxidation sites excluding steroid dienone is 1. The minimum absolute atomic E-state index is 0.0188. The predicted molar refractivity (Wildman–Crippen MR) is 91.9 cm³/mol. The molecule has 7 nitrogen and oxygen atoms in total. The van der Waals surface area contributed by atoms with Gasteiger partial charge in [-0.05, 0) is 18.3 Å². The van der Waals surface area contributed by atoms with E-state index in [1.807, 2.05) is 0 Å². The van der Waals surface area contributed by atoms with Crippen molar-refractivity contribution >= 4 is 47.2 Å². The third-order valence-electron chi connectivity index (χ3n) is 3.25. The first-order chi connectivity index (χ1) is 11.0. The number of nitro groups is 1. The van der Waals surface area contributed by atoms with Crippen LogP contribution in [-0.2, 0) is 7.05 Å². The van der Waals surface area contributed by atoms with Crippen LogP contribution in [0.3, 0.4) is 0 Å². The normalized spacial score (nSPS) is 15.2. The van der Waals surface area contributed by atoms with Gasteiger partial charge in [-0.2, -0.15) is 5.10 Å². The third-order valence-corrected chi connectivity index (χ3v) is 4.75. The molecular formula is C14H10N4O3S2. The zero-order chi connectivity index (χ0) is 16.6. The van der Waals surface area contributed by atoms with Crippen LogP contribution >= 0.6 is 23.6 Å².